The smallest absolute Gasteiger partial charge is 0.128 e. The summed E-state index contributed by atoms with van der Waals surface area (Å²) in [7, 11) is 1.85. The zero-order chi connectivity index (χ0) is 14.5. The molecule has 0 heterocycles. The van der Waals surface area contributed by atoms with Crippen molar-refractivity contribution in [2.45, 2.75) is 17.9 Å². The molecule has 1 nitrogen and oxygen atoms in total. The Balaban J connectivity index is 2.13. The van der Waals surface area contributed by atoms with Crippen LogP contribution < -0.4 is 5.32 Å². The Kier molecular flexibility index (Phi) is 5.46. The molecule has 0 aliphatic heterocycles. The SMILES string of the molecule is CNC(CSc1ccccc1Cl)c1cc(C)ccc1F. The lowest BCUT2D eigenvalue weighted by atomic mass is 10.1. The van der Waals surface area contributed by atoms with E-state index in [1.165, 1.54) is 6.07 Å². The summed E-state index contributed by atoms with van der Waals surface area (Å²) in [6, 6.07) is 12.9. The van der Waals surface area contributed by atoms with Gasteiger partial charge in [0.2, 0.25) is 0 Å². The van der Waals surface area contributed by atoms with E-state index in [0.717, 1.165) is 21.2 Å². The first-order valence-corrected chi connectivity index (χ1v) is 7.79. The first kappa shape index (κ1) is 15.4. The molecule has 4 heteroatoms. The van der Waals surface area contributed by atoms with Gasteiger partial charge in [-0.25, -0.2) is 4.39 Å². The molecule has 2 rings (SSSR count). The van der Waals surface area contributed by atoms with Crippen LogP contribution in [0.2, 0.25) is 5.02 Å². The fourth-order valence-corrected chi connectivity index (χ4v) is 3.37. The highest BCUT2D eigenvalue weighted by atomic mass is 35.5. The number of hydrogen-bond acceptors (Lipinski definition) is 2. The second-order valence-electron chi connectivity index (χ2n) is 4.61. The molecule has 0 fully saturated rings. The Morgan fingerprint density at radius 1 is 1.25 bits per heavy atom. The molecular formula is C16H17ClFNS. The molecule has 1 N–H and O–H groups in total. The number of halogens is 2. The number of nitrogens with one attached hydrogen (secondary N) is 1. The Hall–Kier alpha value is -1.03. The molecule has 20 heavy (non-hydrogen) atoms. The van der Waals surface area contributed by atoms with Crippen LogP contribution in [-0.4, -0.2) is 12.8 Å². The minimum Gasteiger partial charge on any atom is -0.312 e. The van der Waals surface area contributed by atoms with Crippen LogP contribution in [0.3, 0.4) is 0 Å². The Morgan fingerprint density at radius 3 is 2.70 bits per heavy atom. The van der Waals surface area contributed by atoms with Crippen molar-refractivity contribution in [1.82, 2.24) is 5.32 Å². The molecular weight excluding hydrogens is 293 g/mol. The molecule has 1 unspecified atom stereocenters. The first-order chi connectivity index (χ1) is 9.61. The Morgan fingerprint density at radius 2 is 2.00 bits per heavy atom. The molecule has 0 aliphatic rings. The van der Waals surface area contributed by atoms with Crippen LogP contribution in [0.5, 0.6) is 0 Å². The monoisotopic (exact) mass is 309 g/mol. The third-order valence-electron chi connectivity index (χ3n) is 3.12. The van der Waals surface area contributed by atoms with Crippen LogP contribution in [0, 0.1) is 12.7 Å². The van der Waals surface area contributed by atoms with Gasteiger partial charge in [-0.15, -0.1) is 11.8 Å². The maximum Gasteiger partial charge on any atom is 0.128 e. The predicted molar refractivity (Wildman–Crippen MR) is 85.1 cm³/mol. The molecule has 1 atom stereocenters. The minimum absolute atomic E-state index is 0.0452. The fraction of sp³-hybridized carbons (Fsp3) is 0.250. The molecule has 0 aromatic heterocycles. The fourth-order valence-electron chi connectivity index (χ4n) is 1.99. The van der Waals surface area contributed by atoms with Crippen LogP contribution in [-0.2, 0) is 0 Å². The van der Waals surface area contributed by atoms with Gasteiger partial charge in [0.05, 0.1) is 5.02 Å². The second-order valence-corrected chi connectivity index (χ2v) is 6.08. The average molecular weight is 310 g/mol. The van der Waals surface area contributed by atoms with Crippen molar-refractivity contribution in [2.24, 2.45) is 0 Å². The molecule has 2 aromatic carbocycles. The zero-order valence-corrected chi connectivity index (χ0v) is 13.1. The van der Waals surface area contributed by atoms with E-state index < -0.39 is 0 Å². The van der Waals surface area contributed by atoms with Gasteiger partial charge in [-0.1, -0.05) is 41.4 Å². The van der Waals surface area contributed by atoms with Gasteiger partial charge in [-0.3, -0.25) is 0 Å². The maximum atomic E-state index is 13.9. The molecule has 0 radical (unpaired) electrons. The van der Waals surface area contributed by atoms with E-state index in [2.05, 4.69) is 5.32 Å². The number of thioether (sulfide) groups is 1. The topological polar surface area (TPSA) is 12.0 Å². The van der Waals surface area contributed by atoms with E-state index >= 15 is 0 Å². The lowest BCUT2D eigenvalue weighted by Crippen LogP contribution is -2.20. The lowest BCUT2D eigenvalue weighted by Gasteiger charge is -2.18. The maximum absolute atomic E-state index is 13.9. The number of hydrogen-bond donors (Lipinski definition) is 1. The van der Waals surface area contributed by atoms with Crippen LogP contribution >= 0.6 is 23.4 Å². The summed E-state index contributed by atoms with van der Waals surface area (Å²) in [5, 5.41) is 3.91. The average Bonchev–Trinajstić information content (AvgIpc) is 2.45. The molecule has 0 saturated carbocycles. The molecule has 106 valence electrons. The minimum atomic E-state index is -0.172. The number of benzene rings is 2. The van der Waals surface area contributed by atoms with Crippen LogP contribution in [0.25, 0.3) is 0 Å². The third kappa shape index (κ3) is 3.75. The van der Waals surface area contributed by atoms with Gasteiger partial charge in [-0.05, 0) is 32.2 Å². The molecule has 0 bridgehead atoms. The van der Waals surface area contributed by atoms with E-state index in [-0.39, 0.29) is 11.9 Å². The van der Waals surface area contributed by atoms with E-state index in [0.29, 0.717) is 5.56 Å². The number of rotatable bonds is 5. The van der Waals surface area contributed by atoms with Crippen molar-refractivity contribution in [3.05, 3.63) is 64.4 Å². The van der Waals surface area contributed by atoms with Crippen molar-refractivity contribution in [3.8, 4) is 0 Å². The molecule has 0 aliphatic carbocycles. The Labute approximate surface area is 128 Å². The summed E-state index contributed by atoms with van der Waals surface area (Å²) in [4.78, 5) is 1.02. The quantitative estimate of drug-likeness (QED) is 0.793. The number of aryl methyl sites for hydroxylation is 1. The van der Waals surface area contributed by atoms with Gasteiger partial charge in [0, 0.05) is 22.3 Å². The third-order valence-corrected chi connectivity index (χ3v) is 4.73. The predicted octanol–water partition coefficient (Wildman–Crippen LogP) is 4.84. The van der Waals surface area contributed by atoms with Gasteiger partial charge in [0.15, 0.2) is 0 Å². The van der Waals surface area contributed by atoms with E-state index in [4.69, 9.17) is 11.6 Å². The van der Waals surface area contributed by atoms with Crippen molar-refractivity contribution in [3.63, 3.8) is 0 Å². The Bertz CT molecular complexity index is 588. The van der Waals surface area contributed by atoms with Crippen LogP contribution in [0.15, 0.2) is 47.4 Å². The summed E-state index contributed by atoms with van der Waals surface area (Å²) in [6.45, 7) is 1.97. The van der Waals surface area contributed by atoms with Gasteiger partial charge < -0.3 is 5.32 Å². The van der Waals surface area contributed by atoms with Gasteiger partial charge in [0.25, 0.3) is 0 Å². The highest BCUT2D eigenvalue weighted by molar-refractivity contribution is 7.99. The summed E-state index contributed by atoms with van der Waals surface area (Å²) < 4.78 is 13.9. The standard InChI is InChI=1S/C16H17ClFNS/c1-11-7-8-14(18)12(9-11)15(19-2)10-20-16-6-4-3-5-13(16)17/h3-9,15,19H,10H2,1-2H3. The molecule has 0 saturated heterocycles. The summed E-state index contributed by atoms with van der Waals surface area (Å²) >= 11 is 7.77. The van der Waals surface area contributed by atoms with Crippen LogP contribution in [0.1, 0.15) is 17.2 Å². The first-order valence-electron chi connectivity index (χ1n) is 6.42. The van der Waals surface area contributed by atoms with Gasteiger partial charge >= 0.3 is 0 Å². The van der Waals surface area contributed by atoms with Crippen molar-refractivity contribution < 1.29 is 4.39 Å². The second kappa shape index (κ2) is 7.11. The highest BCUT2D eigenvalue weighted by Gasteiger charge is 2.15. The normalized spacial score (nSPS) is 12.4. The summed E-state index contributed by atoms with van der Waals surface area (Å²) in [5.74, 6) is 0.551. The van der Waals surface area contributed by atoms with Gasteiger partial charge in [-0.2, -0.15) is 0 Å². The highest BCUT2D eigenvalue weighted by Crippen LogP contribution is 2.30. The summed E-state index contributed by atoms with van der Waals surface area (Å²) in [5.41, 5.74) is 1.76. The van der Waals surface area contributed by atoms with Crippen LogP contribution in [0.4, 0.5) is 4.39 Å². The molecule has 0 amide bonds. The molecule has 2 aromatic rings. The van der Waals surface area contributed by atoms with Crippen molar-refractivity contribution >= 4 is 23.4 Å². The zero-order valence-electron chi connectivity index (χ0n) is 11.5. The lowest BCUT2D eigenvalue weighted by molar-refractivity contribution is 0.565. The van der Waals surface area contributed by atoms with E-state index in [1.54, 1.807) is 17.8 Å². The largest absolute Gasteiger partial charge is 0.312 e. The van der Waals surface area contributed by atoms with Gasteiger partial charge in [0.1, 0.15) is 5.82 Å². The molecule has 0 spiro atoms. The summed E-state index contributed by atoms with van der Waals surface area (Å²) in [6.07, 6.45) is 0. The van der Waals surface area contributed by atoms with Crippen molar-refractivity contribution in [2.75, 3.05) is 12.8 Å². The van der Waals surface area contributed by atoms with Crippen molar-refractivity contribution in [1.29, 1.82) is 0 Å². The van der Waals surface area contributed by atoms with E-state index in [1.807, 2.05) is 44.3 Å². The van der Waals surface area contributed by atoms with E-state index in [9.17, 15) is 4.39 Å².